The fourth-order valence-corrected chi connectivity index (χ4v) is 1.21. The van der Waals surface area contributed by atoms with Gasteiger partial charge in [-0.25, -0.2) is 4.39 Å². The molecule has 1 aromatic carbocycles. The highest BCUT2D eigenvalue weighted by atomic mass is 79.9. The van der Waals surface area contributed by atoms with Crippen LogP contribution in [0.15, 0.2) is 22.7 Å². The number of benzene rings is 1. The summed E-state index contributed by atoms with van der Waals surface area (Å²) in [6, 6.07) is 3.16. The first kappa shape index (κ1) is 9.60. The molecule has 3 nitrogen and oxygen atoms in total. The molecule has 0 radical (unpaired) electrons. The first-order chi connectivity index (χ1) is 5.39. The Bertz CT molecular complexity index is 275. The van der Waals surface area contributed by atoms with Crippen molar-refractivity contribution < 1.29 is 19.7 Å². The smallest absolute Gasteiger partial charge is 0.304 e. The van der Waals surface area contributed by atoms with Gasteiger partial charge in [-0.3, -0.25) is 0 Å². The van der Waals surface area contributed by atoms with Crippen LogP contribution in [-0.4, -0.2) is 15.3 Å². The minimum absolute atomic E-state index is 0.319. The lowest BCUT2D eigenvalue weighted by Crippen LogP contribution is -2.23. The second-order valence-electron chi connectivity index (χ2n) is 2.29. The third-order valence-electron chi connectivity index (χ3n) is 1.25. The van der Waals surface area contributed by atoms with Crippen LogP contribution in [-0.2, 0) is 5.97 Å². The van der Waals surface area contributed by atoms with E-state index in [0.717, 1.165) is 12.1 Å². The lowest BCUT2D eigenvalue weighted by atomic mass is 10.2. The summed E-state index contributed by atoms with van der Waals surface area (Å²) in [5, 5.41) is 26.0. The Balaban J connectivity index is 3.18. The summed E-state index contributed by atoms with van der Waals surface area (Å²) in [6.45, 7) is 0. The van der Waals surface area contributed by atoms with Crippen molar-refractivity contribution in [3.8, 4) is 0 Å². The average Bonchev–Trinajstić information content (AvgIpc) is 1.82. The molecule has 3 N–H and O–H groups in total. The maximum absolute atomic E-state index is 12.6. The first-order valence-corrected chi connectivity index (χ1v) is 3.82. The summed E-state index contributed by atoms with van der Waals surface area (Å²) in [7, 11) is 0. The normalized spacial score (nSPS) is 11.8. The van der Waals surface area contributed by atoms with Crippen molar-refractivity contribution in [3.63, 3.8) is 0 Å². The van der Waals surface area contributed by atoms with E-state index in [0.29, 0.717) is 4.47 Å². The second kappa shape index (κ2) is 3.10. The highest BCUT2D eigenvalue weighted by molar-refractivity contribution is 9.10. The fraction of sp³-hybridized carbons (Fsp3) is 0.143. The lowest BCUT2D eigenvalue weighted by molar-refractivity contribution is -0.324. The molecule has 0 fully saturated rings. The van der Waals surface area contributed by atoms with E-state index in [9.17, 15) is 4.39 Å². The van der Waals surface area contributed by atoms with E-state index in [1.54, 1.807) is 0 Å². The summed E-state index contributed by atoms with van der Waals surface area (Å²) in [6.07, 6.45) is 0. The van der Waals surface area contributed by atoms with E-state index in [4.69, 9.17) is 15.3 Å². The number of halogens is 2. The monoisotopic (exact) mass is 236 g/mol. The maximum Gasteiger partial charge on any atom is 0.304 e. The van der Waals surface area contributed by atoms with E-state index < -0.39 is 11.8 Å². The molecule has 66 valence electrons. The van der Waals surface area contributed by atoms with E-state index >= 15 is 0 Å². The molecule has 12 heavy (non-hydrogen) atoms. The Morgan fingerprint density at radius 3 is 2.17 bits per heavy atom. The van der Waals surface area contributed by atoms with Gasteiger partial charge in [0.1, 0.15) is 5.82 Å². The molecule has 0 aromatic heterocycles. The molecule has 0 bridgehead atoms. The number of aliphatic hydroxyl groups is 3. The van der Waals surface area contributed by atoms with Crippen LogP contribution >= 0.6 is 15.9 Å². The van der Waals surface area contributed by atoms with Crippen molar-refractivity contribution in [2.24, 2.45) is 0 Å². The largest absolute Gasteiger partial charge is 0.340 e. The van der Waals surface area contributed by atoms with E-state index in [1.165, 1.54) is 6.07 Å². The van der Waals surface area contributed by atoms with E-state index in [2.05, 4.69) is 15.9 Å². The summed E-state index contributed by atoms with van der Waals surface area (Å²) in [4.78, 5) is 0. The van der Waals surface area contributed by atoms with Gasteiger partial charge < -0.3 is 15.3 Å². The zero-order valence-electron chi connectivity index (χ0n) is 5.83. The van der Waals surface area contributed by atoms with Gasteiger partial charge >= 0.3 is 5.97 Å². The summed E-state index contributed by atoms with van der Waals surface area (Å²) < 4.78 is 12.9. The van der Waals surface area contributed by atoms with Crippen LogP contribution in [0.5, 0.6) is 0 Å². The SMILES string of the molecule is OC(O)(O)c1cc(F)cc(Br)c1. The molecule has 0 amide bonds. The van der Waals surface area contributed by atoms with Crippen molar-refractivity contribution in [2.45, 2.75) is 5.97 Å². The van der Waals surface area contributed by atoms with Crippen LogP contribution in [0.25, 0.3) is 0 Å². The molecule has 0 saturated heterocycles. The Hall–Kier alpha value is -0.490. The van der Waals surface area contributed by atoms with Crippen LogP contribution in [0, 0.1) is 5.82 Å². The summed E-state index contributed by atoms with van der Waals surface area (Å²) in [5.74, 6) is -3.66. The van der Waals surface area contributed by atoms with Crippen molar-refractivity contribution in [1.82, 2.24) is 0 Å². The molecule has 0 aliphatic rings. The molecule has 0 saturated carbocycles. The van der Waals surface area contributed by atoms with Crippen LogP contribution in [0.2, 0.25) is 0 Å². The molecule has 5 heteroatoms. The number of hydrogen-bond donors (Lipinski definition) is 3. The highest BCUT2D eigenvalue weighted by Crippen LogP contribution is 2.21. The molecular weight excluding hydrogens is 231 g/mol. The number of rotatable bonds is 1. The highest BCUT2D eigenvalue weighted by Gasteiger charge is 2.22. The van der Waals surface area contributed by atoms with Crippen molar-refractivity contribution >= 4 is 15.9 Å². The first-order valence-electron chi connectivity index (χ1n) is 3.03. The minimum atomic E-state index is -3.00. The van der Waals surface area contributed by atoms with Gasteiger partial charge in [0.05, 0.1) is 0 Å². The molecule has 0 unspecified atom stereocenters. The third kappa shape index (κ3) is 2.25. The minimum Gasteiger partial charge on any atom is -0.340 e. The predicted molar refractivity (Wildman–Crippen MR) is 42.4 cm³/mol. The molecule has 1 rings (SSSR count). The van der Waals surface area contributed by atoms with Gasteiger partial charge in [0.15, 0.2) is 0 Å². The standard InChI is InChI=1S/C7H6BrFO3/c8-5-1-4(7(10,11)12)2-6(9)3-5/h1-3,10-12H. The molecule has 0 aliphatic carbocycles. The molecule has 0 atom stereocenters. The van der Waals surface area contributed by atoms with E-state index in [1.807, 2.05) is 0 Å². The topological polar surface area (TPSA) is 60.7 Å². The number of hydrogen-bond acceptors (Lipinski definition) is 3. The van der Waals surface area contributed by atoms with E-state index in [-0.39, 0.29) is 5.56 Å². The predicted octanol–water partition coefficient (Wildman–Crippen LogP) is 0.675. The van der Waals surface area contributed by atoms with Crippen LogP contribution in [0.4, 0.5) is 4.39 Å². The zero-order chi connectivity index (χ0) is 9.35. The van der Waals surface area contributed by atoms with Crippen LogP contribution < -0.4 is 0 Å². The van der Waals surface area contributed by atoms with Gasteiger partial charge in [0, 0.05) is 10.0 Å². The lowest BCUT2D eigenvalue weighted by Gasteiger charge is -2.14. The van der Waals surface area contributed by atoms with Crippen LogP contribution in [0.1, 0.15) is 5.56 Å². The quantitative estimate of drug-likeness (QED) is 0.629. The van der Waals surface area contributed by atoms with Crippen molar-refractivity contribution in [1.29, 1.82) is 0 Å². The van der Waals surface area contributed by atoms with Gasteiger partial charge in [-0.1, -0.05) is 15.9 Å². The van der Waals surface area contributed by atoms with Gasteiger partial charge in [-0.15, -0.1) is 0 Å². The average molecular weight is 237 g/mol. The Morgan fingerprint density at radius 1 is 1.17 bits per heavy atom. The molecular formula is C7H6BrFO3. The van der Waals surface area contributed by atoms with Crippen molar-refractivity contribution in [2.75, 3.05) is 0 Å². The maximum atomic E-state index is 12.6. The van der Waals surface area contributed by atoms with Gasteiger partial charge in [0.25, 0.3) is 0 Å². The molecule has 0 aliphatic heterocycles. The summed E-state index contributed by atoms with van der Waals surface area (Å²) in [5.41, 5.74) is -0.325. The second-order valence-corrected chi connectivity index (χ2v) is 3.21. The van der Waals surface area contributed by atoms with Gasteiger partial charge in [0.2, 0.25) is 0 Å². The molecule has 0 spiro atoms. The Kier molecular flexibility index (Phi) is 2.48. The zero-order valence-corrected chi connectivity index (χ0v) is 7.42. The fourth-order valence-electron chi connectivity index (χ4n) is 0.747. The molecule has 1 aromatic rings. The molecule has 0 heterocycles. The Labute approximate surface area is 76.2 Å². The van der Waals surface area contributed by atoms with Crippen LogP contribution in [0.3, 0.4) is 0 Å². The third-order valence-corrected chi connectivity index (χ3v) is 1.71. The van der Waals surface area contributed by atoms with Crippen molar-refractivity contribution in [3.05, 3.63) is 34.1 Å². The summed E-state index contributed by atoms with van der Waals surface area (Å²) >= 11 is 2.93. The Morgan fingerprint density at radius 2 is 1.75 bits per heavy atom. The van der Waals surface area contributed by atoms with Gasteiger partial charge in [-0.2, -0.15) is 0 Å². The van der Waals surface area contributed by atoms with Gasteiger partial charge in [-0.05, 0) is 18.2 Å².